The lowest BCUT2D eigenvalue weighted by Gasteiger charge is -2.22. The van der Waals surface area contributed by atoms with E-state index in [2.05, 4.69) is 5.32 Å². The minimum atomic E-state index is -3.69. The van der Waals surface area contributed by atoms with E-state index in [1.165, 1.54) is 6.07 Å². The van der Waals surface area contributed by atoms with Crippen molar-refractivity contribution in [2.45, 2.75) is 19.8 Å². The summed E-state index contributed by atoms with van der Waals surface area (Å²) in [5.41, 5.74) is 2.42. The number of rotatable bonds is 6. The number of aryl methyl sites for hydroxylation is 1. The van der Waals surface area contributed by atoms with E-state index < -0.39 is 15.9 Å². The van der Waals surface area contributed by atoms with Crippen LogP contribution in [0.25, 0.3) is 0 Å². The number of hydrogen-bond acceptors (Lipinski definition) is 4. The van der Waals surface area contributed by atoms with Crippen LogP contribution in [0.15, 0.2) is 42.5 Å². The van der Waals surface area contributed by atoms with E-state index in [0.29, 0.717) is 29.4 Å². The van der Waals surface area contributed by atoms with E-state index in [4.69, 9.17) is 11.6 Å². The zero-order valence-corrected chi connectivity index (χ0v) is 17.8. The Balaban J connectivity index is 1.72. The van der Waals surface area contributed by atoms with Gasteiger partial charge >= 0.3 is 0 Å². The van der Waals surface area contributed by atoms with Crippen molar-refractivity contribution in [3.63, 3.8) is 0 Å². The third kappa shape index (κ3) is 5.07. The summed E-state index contributed by atoms with van der Waals surface area (Å²) in [6.07, 6.45) is 2.42. The van der Waals surface area contributed by atoms with Gasteiger partial charge in [-0.2, -0.15) is 0 Å². The minimum Gasteiger partial charge on any atom is -0.325 e. The lowest BCUT2D eigenvalue weighted by atomic mass is 10.2. The number of nitrogens with zero attached hydrogens (tertiary/aromatic N) is 2. The smallest absolute Gasteiger partial charge is 0.245 e. The largest absolute Gasteiger partial charge is 0.325 e. The first-order valence-electron chi connectivity index (χ1n) is 9.09. The quantitative estimate of drug-likeness (QED) is 0.754. The van der Waals surface area contributed by atoms with E-state index in [9.17, 15) is 18.0 Å². The SMILES string of the molecule is Cc1ccc(N(CC(=O)Nc2ccc(N3CCCC3=O)cc2)S(C)(=O)=O)cc1Cl. The lowest BCUT2D eigenvalue weighted by Crippen LogP contribution is -2.37. The molecule has 29 heavy (non-hydrogen) atoms. The van der Waals surface area contributed by atoms with Crippen LogP contribution in [0.2, 0.25) is 5.02 Å². The Bertz CT molecular complexity index is 1040. The molecule has 1 heterocycles. The van der Waals surface area contributed by atoms with Gasteiger partial charge in [-0.05, 0) is 55.3 Å². The fourth-order valence-electron chi connectivity index (χ4n) is 3.11. The third-order valence-corrected chi connectivity index (χ3v) is 6.21. The third-order valence-electron chi connectivity index (χ3n) is 4.67. The Morgan fingerprint density at radius 1 is 1.21 bits per heavy atom. The summed E-state index contributed by atoms with van der Waals surface area (Å²) in [5.74, 6) is -0.403. The molecule has 1 aliphatic heterocycles. The number of nitrogens with one attached hydrogen (secondary N) is 1. The van der Waals surface area contributed by atoms with Crippen LogP contribution in [0.1, 0.15) is 18.4 Å². The minimum absolute atomic E-state index is 0.0855. The molecule has 0 aromatic heterocycles. The first-order chi connectivity index (χ1) is 13.6. The molecule has 1 fully saturated rings. The molecule has 2 amide bonds. The highest BCUT2D eigenvalue weighted by molar-refractivity contribution is 7.92. The van der Waals surface area contributed by atoms with Crippen LogP contribution in [-0.2, 0) is 19.6 Å². The predicted molar refractivity (Wildman–Crippen MR) is 115 cm³/mol. The number of halogens is 1. The van der Waals surface area contributed by atoms with Crippen molar-refractivity contribution < 1.29 is 18.0 Å². The van der Waals surface area contributed by atoms with Crippen LogP contribution >= 0.6 is 11.6 Å². The summed E-state index contributed by atoms with van der Waals surface area (Å²) < 4.78 is 25.4. The van der Waals surface area contributed by atoms with Crippen LogP contribution in [0.4, 0.5) is 17.1 Å². The molecular formula is C20H22ClN3O4S. The van der Waals surface area contributed by atoms with Gasteiger partial charge in [-0.15, -0.1) is 0 Å². The van der Waals surface area contributed by atoms with Gasteiger partial charge in [-0.3, -0.25) is 13.9 Å². The summed E-state index contributed by atoms with van der Waals surface area (Å²) in [7, 11) is -3.69. The van der Waals surface area contributed by atoms with Gasteiger partial charge in [0.1, 0.15) is 6.54 Å². The van der Waals surface area contributed by atoms with Gasteiger partial charge in [-0.25, -0.2) is 8.42 Å². The second kappa shape index (κ2) is 8.42. The van der Waals surface area contributed by atoms with E-state index in [-0.39, 0.29) is 12.5 Å². The maximum absolute atomic E-state index is 12.5. The highest BCUT2D eigenvalue weighted by Crippen LogP contribution is 2.26. The molecular weight excluding hydrogens is 414 g/mol. The number of carbonyl (C=O) groups is 2. The Morgan fingerprint density at radius 3 is 2.45 bits per heavy atom. The number of hydrogen-bond donors (Lipinski definition) is 1. The van der Waals surface area contributed by atoms with Crippen LogP contribution in [-0.4, -0.2) is 39.6 Å². The Kier molecular flexibility index (Phi) is 6.14. The Labute approximate surface area is 175 Å². The molecule has 0 unspecified atom stereocenters. The molecule has 1 aliphatic rings. The van der Waals surface area contributed by atoms with Crippen molar-refractivity contribution >= 4 is 50.5 Å². The van der Waals surface area contributed by atoms with Crippen molar-refractivity contribution in [1.82, 2.24) is 0 Å². The van der Waals surface area contributed by atoms with Crippen LogP contribution in [0.3, 0.4) is 0 Å². The summed E-state index contributed by atoms with van der Waals surface area (Å²) in [4.78, 5) is 26.0. The highest BCUT2D eigenvalue weighted by atomic mass is 35.5. The maximum atomic E-state index is 12.5. The number of sulfonamides is 1. The summed E-state index contributed by atoms with van der Waals surface area (Å²) in [6, 6.07) is 11.7. The number of benzene rings is 2. The van der Waals surface area contributed by atoms with Gasteiger partial charge in [0.15, 0.2) is 0 Å². The molecule has 2 aromatic carbocycles. The molecule has 154 valence electrons. The van der Waals surface area contributed by atoms with Crippen molar-refractivity contribution in [3.8, 4) is 0 Å². The zero-order chi connectivity index (χ0) is 21.2. The Hall–Kier alpha value is -2.58. The summed E-state index contributed by atoms with van der Waals surface area (Å²) in [6.45, 7) is 2.11. The van der Waals surface area contributed by atoms with Gasteiger partial charge in [0.25, 0.3) is 0 Å². The second-order valence-corrected chi connectivity index (χ2v) is 9.26. The summed E-state index contributed by atoms with van der Waals surface area (Å²) in [5, 5.41) is 3.11. The fraction of sp³-hybridized carbons (Fsp3) is 0.300. The van der Waals surface area contributed by atoms with Gasteiger partial charge < -0.3 is 10.2 Å². The number of amides is 2. The fourth-order valence-corrected chi connectivity index (χ4v) is 4.14. The van der Waals surface area contributed by atoms with Gasteiger partial charge in [0, 0.05) is 29.4 Å². The average Bonchev–Trinajstić information content (AvgIpc) is 3.08. The van der Waals surface area contributed by atoms with Crippen LogP contribution < -0.4 is 14.5 Å². The highest BCUT2D eigenvalue weighted by Gasteiger charge is 2.23. The van der Waals surface area contributed by atoms with E-state index >= 15 is 0 Å². The first-order valence-corrected chi connectivity index (χ1v) is 11.3. The second-order valence-electron chi connectivity index (χ2n) is 6.95. The molecule has 2 aromatic rings. The van der Waals surface area contributed by atoms with Gasteiger partial charge in [-0.1, -0.05) is 17.7 Å². The monoisotopic (exact) mass is 435 g/mol. The molecule has 0 radical (unpaired) electrons. The molecule has 3 rings (SSSR count). The topological polar surface area (TPSA) is 86.8 Å². The molecule has 0 saturated carbocycles. The van der Waals surface area contributed by atoms with Crippen LogP contribution in [0, 0.1) is 6.92 Å². The normalized spacial score (nSPS) is 14.2. The van der Waals surface area contributed by atoms with Crippen molar-refractivity contribution in [1.29, 1.82) is 0 Å². The maximum Gasteiger partial charge on any atom is 0.245 e. The molecule has 0 atom stereocenters. The summed E-state index contributed by atoms with van der Waals surface area (Å²) >= 11 is 6.10. The van der Waals surface area contributed by atoms with Crippen molar-refractivity contribution in [2.24, 2.45) is 0 Å². The van der Waals surface area contributed by atoms with Crippen molar-refractivity contribution in [2.75, 3.05) is 33.9 Å². The van der Waals surface area contributed by atoms with Crippen molar-refractivity contribution in [3.05, 3.63) is 53.1 Å². The van der Waals surface area contributed by atoms with Crippen LogP contribution in [0.5, 0.6) is 0 Å². The van der Waals surface area contributed by atoms with Gasteiger partial charge in [0.05, 0.1) is 11.9 Å². The molecule has 9 heteroatoms. The molecule has 1 N–H and O–H groups in total. The van der Waals surface area contributed by atoms with E-state index in [1.807, 2.05) is 6.92 Å². The molecule has 1 saturated heterocycles. The Morgan fingerprint density at radius 2 is 1.90 bits per heavy atom. The average molecular weight is 436 g/mol. The number of carbonyl (C=O) groups excluding carboxylic acids is 2. The molecule has 0 aliphatic carbocycles. The molecule has 0 spiro atoms. The molecule has 0 bridgehead atoms. The standard InChI is InChI=1S/C20H22ClN3O4S/c1-14-5-8-17(12-18(14)21)24(29(2,27)28)13-19(25)22-15-6-9-16(10-7-15)23-11-3-4-20(23)26/h5-10,12H,3-4,11,13H2,1-2H3,(H,22,25). The lowest BCUT2D eigenvalue weighted by molar-refractivity contribution is -0.117. The van der Waals surface area contributed by atoms with E-state index in [1.54, 1.807) is 41.3 Å². The molecule has 7 nitrogen and oxygen atoms in total. The number of anilines is 3. The predicted octanol–water partition coefficient (Wildman–Crippen LogP) is 3.18. The van der Waals surface area contributed by atoms with Gasteiger partial charge in [0.2, 0.25) is 21.8 Å². The first kappa shape index (κ1) is 21.1. The zero-order valence-electron chi connectivity index (χ0n) is 16.2. The van der Waals surface area contributed by atoms with E-state index in [0.717, 1.165) is 28.2 Å².